The minimum atomic E-state index is -0.626. The van der Waals surface area contributed by atoms with Crippen molar-refractivity contribution in [3.63, 3.8) is 0 Å². The molecular weight excluding hydrogens is 306 g/mol. The van der Waals surface area contributed by atoms with Crippen molar-refractivity contribution >= 4 is 17.5 Å². The van der Waals surface area contributed by atoms with E-state index in [1.807, 2.05) is 30.3 Å². The monoisotopic (exact) mass is 325 g/mol. The predicted molar refractivity (Wildman–Crippen MR) is 86.0 cm³/mol. The van der Waals surface area contributed by atoms with E-state index < -0.39 is 5.79 Å². The lowest BCUT2D eigenvalue weighted by atomic mass is 9.73. The van der Waals surface area contributed by atoms with Crippen molar-refractivity contribution < 1.29 is 19.1 Å². The molecule has 0 aromatic heterocycles. The highest BCUT2D eigenvalue weighted by molar-refractivity contribution is 6.22. The summed E-state index contributed by atoms with van der Waals surface area (Å²) >= 11 is 0. The lowest BCUT2D eigenvalue weighted by Gasteiger charge is -2.32. The number of anilines is 1. The highest BCUT2D eigenvalue weighted by Gasteiger charge is 2.60. The van der Waals surface area contributed by atoms with Gasteiger partial charge in [-0.05, 0) is 36.5 Å². The van der Waals surface area contributed by atoms with E-state index in [0.717, 1.165) is 18.4 Å². The van der Waals surface area contributed by atoms with Gasteiger partial charge in [0.25, 0.3) is 0 Å². The van der Waals surface area contributed by atoms with E-state index in [2.05, 4.69) is 6.08 Å². The van der Waals surface area contributed by atoms with Crippen molar-refractivity contribution in [3.8, 4) is 0 Å². The molecule has 0 bridgehead atoms. The van der Waals surface area contributed by atoms with E-state index in [-0.39, 0.29) is 29.6 Å². The maximum atomic E-state index is 13.1. The topological polar surface area (TPSA) is 55.8 Å². The Balaban J connectivity index is 1.51. The average molecular weight is 325 g/mol. The molecule has 1 aromatic carbocycles. The summed E-state index contributed by atoms with van der Waals surface area (Å²) in [4.78, 5) is 27.3. The SMILES string of the molecule is O=C1C2CC=C3C(CCC34OCCO4)C2C(=O)N1c1ccccc1. The minimum Gasteiger partial charge on any atom is -0.344 e. The average Bonchev–Trinajstić information content (AvgIpc) is 3.29. The molecule has 2 aliphatic heterocycles. The molecule has 2 aliphatic carbocycles. The fraction of sp³-hybridized carbons (Fsp3) is 0.474. The zero-order chi connectivity index (χ0) is 16.3. The van der Waals surface area contributed by atoms with Crippen molar-refractivity contribution in [2.45, 2.75) is 25.0 Å². The second-order valence-electron chi connectivity index (χ2n) is 6.97. The third-order valence-corrected chi connectivity index (χ3v) is 5.89. The first-order chi connectivity index (χ1) is 11.7. The van der Waals surface area contributed by atoms with E-state index in [9.17, 15) is 9.59 Å². The van der Waals surface area contributed by atoms with Gasteiger partial charge in [0.05, 0.1) is 30.7 Å². The molecule has 0 N–H and O–H groups in total. The standard InChI is InChI=1S/C19H19NO4/c21-17-14-6-7-15-13(8-9-19(15)23-10-11-24-19)16(14)18(22)20(17)12-4-2-1-3-5-12/h1-5,7,13-14,16H,6,8-11H2. The molecule has 2 heterocycles. The largest absolute Gasteiger partial charge is 0.344 e. The Hall–Kier alpha value is -1.98. The number of rotatable bonds is 1. The van der Waals surface area contributed by atoms with Crippen molar-refractivity contribution in [1.82, 2.24) is 0 Å². The fourth-order valence-electron chi connectivity index (χ4n) is 4.91. The van der Waals surface area contributed by atoms with Crippen LogP contribution in [0.5, 0.6) is 0 Å². The van der Waals surface area contributed by atoms with Crippen LogP contribution in [0.2, 0.25) is 0 Å². The first-order valence-electron chi connectivity index (χ1n) is 8.63. The molecule has 5 heteroatoms. The van der Waals surface area contributed by atoms with Gasteiger partial charge in [-0.2, -0.15) is 0 Å². The smallest absolute Gasteiger partial charge is 0.238 e. The van der Waals surface area contributed by atoms with Crippen LogP contribution in [-0.2, 0) is 19.1 Å². The van der Waals surface area contributed by atoms with Crippen molar-refractivity contribution in [1.29, 1.82) is 0 Å². The van der Waals surface area contributed by atoms with Crippen LogP contribution >= 0.6 is 0 Å². The number of carbonyl (C=O) groups excluding carboxylic acids is 2. The Morgan fingerprint density at radius 2 is 1.75 bits per heavy atom. The predicted octanol–water partition coefficient (Wildman–Crippen LogP) is 2.28. The molecule has 5 nitrogen and oxygen atoms in total. The summed E-state index contributed by atoms with van der Waals surface area (Å²) < 4.78 is 11.8. The van der Waals surface area contributed by atoms with Crippen LogP contribution in [0, 0.1) is 17.8 Å². The second-order valence-corrected chi connectivity index (χ2v) is 6.97. The second kappa shape index (κ2) is 5.01. The van der Waals surface area contributed by atoms with Crippen molar-refractivity contribution in [2.24, 2.45) is 17.8 Å². The summed E-state index contributed by atoms with van der Waals surface area (Å²) in [5, 5.41) is 0. The highest BCUT2D eigenvalue weighted by Crippen LogP contribution is 2.55. The van der Waals surface area contributed by atoms with Gasteiger partial charge in [-0.1, -0.05) is 24.3 Å². The normalized spacial score (nSPS) is 33.8. The van der Waals surface area contributed by atoms with Crippen molar-refractivity contribution in [2.75, 3.05) is 18.1 Å². The molecule has 3 fully saturated rings. The molecule has 5 rings (SSSR count). The van der Waals surface area contributed by atoms with Crippen LogP contribution in [0.15, 0.2) is 42.0 Å². The molecule has 0 radical (unpaired) electrons. The zero-order valence-electron chi connectivity index (χ0n) is 13.3. The molecule has 2 amide bonds. The van der Waals surface area contributed by atoms with Crippen LogP contribution in [0.25, 0.3) is 0 Å². The van der Waals surface area contributed by atoms with Gasteiger partial charge in [0.2, 0.25) is 11.8 Å². The Morgan fingerprint density at radius 1 is 1.00 bits per heavy atom. The molecular formula is C19H19NO4. The lowest BCUT2D eigenvalue weighted by Crippen LogP contribution is -2.36. The molecule has 1 saturated carbocycles. The van der Waals surface area contributed by atoms with E-state index in [4.69, 9.17) is 9.47 Å². The summed E-state index contributed by atoms with van der Waals surface area (Å²) in [7, 11) is 0. The van der Waals surface area contributed by atoms with Gasteiger partial charge in [0, 0.05) is 6.42 Å². The summed E-state index contributed by atoms with van der Waals surface area (Å²) in [5.74, 6) is -1.22. The van der Waals surface area contributed by atoms with Crippen LogP contribution in [0.3, 0.4) is 0 Å². The fourth-order valence-corrected chi connectivity index (χ4v) is 4.91. The number of para-hydroxylation sites is 1. The van der Waals surface area contributed by atoms with E-state index in [1.54, 1.807) is 0 Å². The number of fused-ring (bicyclic) bond motifs is 4. The van der Waals surface area contributed by atoms with Crippen molar-refractivity contribution in [3.05, 3.63) is 42.0 Å². The van der Waals surface area contributed by atoms with E-state index >= 15 is 0 Å². The van der Waals surface area contributed by atoms with Gasteiger partial charge in [-0.25, -0.2) is 0 Å². The first-order valence-corrected chi connectivity index (χ1v) is 8.63. The molecule has 24 heavy (non-hydrogen) atoms. The van der Waals surface area contributed by atoms with E-state index in [0.29, 0.717) is 25.3 Å². The van der Waals surface area contributed by atoms with Gasteiger partial charge in [0.15, 0.2) is 5.79 Å². The van der Waals surface area contributed by atoms with Crippen LogP contribution in [0.4, 0.5) is 5.69 Å². The molecule has 2 saturated heterocycles. The molecule has 124 valence electrons. The molecule has 1 aromatic rings. The lowest BCUT2D eigenvalue weighted by molar-refractivity contribution is -0.126. The van der Waals surface area contributed by atoms with Crippen LogP contribution < -0.4 is 4.90 Å². The molecule has 1 spiro atoms. The number of carbonyl (C=O) groups is 2. The Kier molecular flexibility index (Phi) is 3.00. The third-order valence-electron chi connectivity index (χ3n) is 5.89. The molecule has 3 atom stereocenters. The van der Waals surface area contributed by atoms with Crippen LogP contribution in [-0.4, -0.2) is 30.8 Å². The highest BCUT2D eigenvalue weighted by atomic mass is 16.7. The summed E-state index contributed by atoms with van der Waals surface area (Å²) in [6, 6.07) is 9.23. The number of amides is 2. The third kappa shape index (κ3) is 1.77. The molecule has 4 aliphatic rings. The number of ether oxygens (including phenoxy) is 2. The summed E-state index contributed by atoms with van der Waals surface area (Å²) in [6.07, 6.45) is 4.32. The summed E-state index contributed by atoms with van der Waals surface area (Å²) in [6.45, 7) is 1.20. The number of hydrogen-bond acceptors (Lipinski definition) is 4. The Labute approximate surface area is 140 Å². The maximum Gasteiger partial charge on any atom is 0.238 e. The Bertz CT molecular complexity index is 735. The summed E-state index contributed by atoms with van der Waals surface area (Å²) in [5.41, 5.74) is 1.77. The number of benzene rings is 1. The van der Waals surface area contributed by atoms with Gasteiger partial charge >= 0.3 is 0 Å². The maximum absolute atomic E-state index is 13.1. The number of allylic oxidation sites excluding steroid dienone is 1. The first kappa shape index (κ1) is 14.4. The van der Waals surface area contributed by atoms with Gasteiger partial charge < -0.3 is 9.47 Å². The van der Waals surface area contributed by atoms with Gasteiger partial charge in [-0.15, -0.1) is 0 Å². The molecule has 3 unspecified atom stereocenters. The zero-order valence-corrected chi connectivity index (χ0v) is 13.3. The van der Waals surface area contributed by atoms with E-state index in [1.165, 1.54) is 4.90 Å². The van der Waals surface area contributed by atoms with Gasteiger partial charge in [-0.3, -0.25) is 14.5 Å². The van der Waals surface area contributed by atoms with Crippen LogP contribution in [0.1, 0.15) is 19.3 Å². The number of imide groups is 1. The quantitative estimate of drug-likeness (QED) is 0.587. The Morgan fingerprint density at radius 3 is 2.50 bits per heavy atom. The number of hydrogen-bond donors (Lipinski definition) is 0. The van der Waals surface area contributed by atoms with Gasteiger partial charge in [0.1, 0.15) is 0 Å². The number of nitrogens with zero attached hydrogens (tertiary/aromatic N) is 1. The minimum absolute atomic E-state index is 0.0620.